The van der Waals surface area contributed by atoms with Gasteiger partial charge in [-0.25, -0.2) is 0 Å². The second kappa shape index (κ2) is 7.24. The predicted molar refractivity (Wildman–Crippen MR) is 94.5 cm³/mol. The van der Waals surface area contributed by atoms with E-state index in [1.165, 1.54) is 11.1 Å². The number of hydrogen-bond acceptors (Lipinski definition) is 4. The lowest BCUT2D eigenvalue weighted by atomic mass is 9.76. The maximum atomic E-state index is 12.5. The van der Waals surface area contributed by atoms with Gasteiger partial charge >= 0.3 is 0 Å². The largest absolute Gasteiger partial charge is 0.389 e. The SMILES string of the molecule is Cc1ccccc1CSCC(=O)N1CC[C@@]2(O)CCNC[C@H]2C1. The molecule has 2 heterocycles. The smallest absolute Gasteiger partial charge is 0.232 e. The number of fused-ring (bicyclic) bond motifs is 1. The lowest BCUT2D eigenvalue weighted by Crippen LogP contribution is -2.60. The van der Waals surface area contributed by atoms with Gasteiger partial charge in [0.05, 0.1) is 11.4 Å². The highest BCUT2D eigenvalue weighted by atomic mass is 32.2. The standard InChI is InChI=1S/C18H26N2O2S/c1-14-4-2-3-5-15(14)12-23-13-17(21)20-9-7-18(22)6-8-19-10-16(18)11-20/h2-5,16,19,22H,6-13H2,1H3/t16-,18-/m0/s1. The second-order valence-corrected chi connectivity index (χ2v) is 7.75. The number of rotatable bonds is 4. The molecule has 5 heteroatoms. The minimum absolute atomic E-state index is 0.176. The van der Waals surface area contributed by atoms with Crippen molar-refractivity contribution in [2.75, 3.05) is 31.9 Å². The number of carbonyl (C=O) groups is 1. The van der Waals surface area contributed by atoms with Gasteiger partial charge in [0.1, 0.15) is 0 Å². The molecule has 1 aromatic rings. The van der Waals surface area contributed by atoms with E-state index in [0.717, 1.165) is 25.3 Å². The first kappa shape index (κ1) is 16.8. The zero-order chi connectivity index (χ0) is 16.3. The van der Waals surface area contributed by atoms with Crippen LogP contribution in [0.15, 0.2) is 24.3 Å². The molecule has 0 spiro atoms. The first-order valence-electron chi connectivity index (χ1n) is 8.41. The van der Waals surface area contributed by atoms with Crippen molar-refractivity contribution in [2.45, 2.75) is 31.1 Å². The maximum Gasteiger partial charge on any atom is 0.232 e. The number of hydrogen-bond donors (Lipinski definition) is 2. The molecule has 2 N–H and O–H groups in total. The van der Waals surface area contributed by atoms with Crippen molar-refractivity contribution in [3.63, 3.8) is 0 Å². The minimum atomic E-state index is -0.559. The Balaban J connectivity index is 1.48. The van der Waals surface area contributed by atoms with Crippen molar-refractivity contribution >= 4 is 17.7 Å². The molecule has 1 aromatic carbocycles. The van der Waals surface area contributed by atoms with Crippen LogP contribution in [0.3, 0.4) is 0 Å². The molecule has 4 nitrogen and oxygen atoms in total. The summed E-state index contributed by atoms with van der Waals surface area (Å²) in [5, 5.41) is 14.0. The van der Waals surface area contributed by atoms with Crippen LogP contribution in [0.2, 0.25) is 0 Å². The molecule has 126 valence electrons. The first-order valence-corrected chi connectivity index (χ1v) is 9.57. The molecule has 0 bridgehead atoms. The summed E-state index contributed by atoms with van der Waals surface area (Å²) < 4.78 is 0. The quantitative estimate of drug-likeness (QED) is 0.882. The van der Waals surface area contributed by atoms with E-state index in [0.29, 0.717) is 25.3 Å². The van der Waals surface area contributed by atoms with Crippen molar-refractivity contribution in [3.8, 4) is 0 Å². The molecule has 0 aromatic heterocycles. The number of likely N-dealkylation sites (tertiary alicyclic amines) is 1. The van der Waals surface area contributed by atoms with Gasteiger partial charge in [0.25, 0.3) is 0 Å². The Morgan fingerprint density at radius 1 is 1.43 bits per heavy atom. The Bertz CT molecular complexity index is 566. The van der Waals surface area contributed by atoms with Gasteiger partial charge in [0, 0.05) is 31.3 Å². The fourth-order valence-electron chi connectivity index (χ4n) is 3.56. The number of aliphatic hydroxyl groups is 1. The summed E-state index contributed by atoms with van der Waals surface area (Å²) in [6.45, 7) is 5.19. The summed E-state index contributed by atoms with van der Waals surface area (Å²) in [5.41, 5.74) is 2.02. The van der Waals surface area contributed by atoms with Crippen LogP contribution in [0.1, 0.15) is 24.0 Å². The number of benzene rings is 1. The van der Waals surface area contributed by atoms with Gasteiger partial charge in [-0.15, -0.1) is 11.8 Å². The zero-order valence-corrected chi connectivity index (χ0v) is 14.6. The third-order valence-corrected chi connectivity index (χ3v) is 6.20. The summed E-state index contributed by atoms with van der Waals surface area (Å²) in [4.78, 5) is 14.4. The number of nitrogens with one attached hydrogen (secondary N) is 1. The van der Waals surface area contributed by atoms with E-state index in [4.69, 9.17) is 0 Å². The van der Waals surface area contributed by atoms with Crippen molar-refractivity contribution in [1.82, 2.24) is 10.2 Å². The van der Waals surface area contributed by atoms with Crippen LogP contribution < -0.4 is 5.32 Å². The number of thioether (sulfide) groups is 1. The molecule has 0 unspecified atom stereocenters. The van der Waals surface area contributed by atoms with E-state index in [-0.39, 0.29) is 11.8 Å². The van der Waals surface area contributed by atoms with E-state index in [1.807, 2.05) is 17.0 Å². The molecule has 2 atom stereocenters. The summed E-state index contributed by atoms with van der Waals surface area (Å²) in [5.74, 6) is 1.78. The lowest BCUT2D eigenvalue weighted by molar-refractivity contribution is -0.139. The highest BCUT2D eigenvalue weighted by molar-refractivity contribution is 7.99. The molecule has 0 radical (unpaired) electrons. The normalized spacial score (nSPS) is 27.6. The van der Waals surface area contributed by atoms with E-state index >= 15 is 0 Å². The Kier molecular flexibility index (Phi) is 5.29. The van der Waals surface area contributed by atoms with Crippen LogP contribution in [-0.4, -0.2) is 53.4 Å². The highest BCUT2D eigenvalue weighted by Gasteiger charge is 2.43. The fraction of sp³-hybridized carbons (Fsp3) is 0.611. The van der Waals surface area contributed by atoms with Crippen molar-refractivity contribution in [2.24, 2.45) is 5.92 Å². The number of carbonyl (C=O) groups excluding carboxylic acids is 1. The van der Waals surface area contributed by atoms with Gasteiger partial charge in [0.2, 0.25) is 5.91 Å². The van der Waals surface area contributed by atoms with Crippen molar-refractivity contribution in [3.05, 3.63) is 35.4 Å². The Morgan fingerprint density at radius 2 is 2.26 bits per heavy atom. The summed E-state index contributed by atoms with van der Waals surface area (Å²) in [6, 6.07) is 8.33. The number of aryl methyl sites for hydroxylation is 1. The van der Waals surface area contributed by atoms with E-state index in [1.54, 1.807) is 11.8 Å². The molecule has 1 amide bonds. The number of amides is 1. The topological polar surface area (TPSA) is 52.6 Å². The van der Waals surface area contributed by atoms with Crippen molar-refractivity contribution in [1.29, 1.82) is 0 Å². The van der Waals surface area contributed by atoms with E-state index in [9.17, 15) is 9.90 Å². The summed E-state index contributed by atoms with van der Waals surface area (Å²) in [6.07, 6.45) is 1.52. The molecule has 2 fully saturated rings. The lowest BCUT2D eigenvalue weighted by Gasteiger charge is -2.47. The third-order valence-electron chi connectivity index (χ3n) is 5.24. The average molecular weight is 334 g/mol. The van der Waals surface area contributed by atoms with Gasteiger partial charge in [-0.3, -0.25) is 4.79 Å². The number of nitrogens with zero attached hydrogens (tertiary/aromatic N) is 1. The minimum Gasteiger partial charge on any atom is -0.389 e. The molecular formula is C18H26N2O2S. The Labute approximate surface area is 142 Å². The van der Waals surface area contributed by atoms with E-state index in [2.05, 4.69) is 24.4 Å². The van der Waals surface area contributed by atoms with E-state index < -0.39 is 5.60 Å². The summed E-state index contributed by atoms with van der Waals surface area (Å²) in [7, 11) is 0. The molecular weight excluding hydrogens is 308 g/mol. The first-order chi connectivity index (χ1) is 11.1. The Hall–Kier alpha value is -1.04. The fourth-order valence-corrected chi connectivity index (χ4v) is 4.57. The number of piperidine rings is 2. The highest BCUT2D eigenvalue weighted by Crippen LogP contribution is 2.33. The van der Waals surface area contributed by atoms with Gasteiger partial charge < -0.3 is 15.3 Å². The van der Waals surface area contributed by atoms with Crippen LogP contribution in [-0.2, 0) is 10.5 Å². The molecule has 0 aliphatic carbocycles. The molecule has 2 aliphatic heterocycles. The summed E-state index contributed by atoms with van der Waals surface area (Å²) >= 11 is 1.68. The maximum absolute atomic E-state index is 12.5. The average Bonchev–Trinajstić information content (AvgIpc) is 2.55. The third kappa shape index (κ3) is 3.90. The molecule has 2 saturated heterocycles. The van der Waals surface area contributed by atoms with Crippen LogP contribution in [0.25, 0.3) is 0 Å². The van der Waals surface area contributed by atoms with Crippen molar-refractivity contribution < 1.29 is 9.90 Å². The molecule has 0 saturated carbocycles. The van der Waals surface area contributed by atoms with Crippen LogP contribution in [0, 0.1) is 12.8 Å². The van der Waals surface area contributed by atoms with Crippen LogP contribution >= 0.6 is 11.8 Å². The predicted octanol–water partition coefficient (Wildman–Crippen LogP) is 1.80. The molecule has 2 aliphatic rings. The van der Waals surface area contributed by atoms with Gasteiger partial charge in [0.15, 0.2) is 0 Å². The van der Waals surface area contributed by atoms with Gasteiger partial charge in [-0.1, -0.05) is 24.3 Å². The Morgan fingerprint density at radius 3 is 3.09 bits per heavy atom. The van der Waals surface area contributed by atoms with Crippen LogP contribution in [0.5, 0.6) is 0 Å². The monoisotopic (exact) mass is 334 g/mol. The van der Waals surface area contributed by atoms with Gasteiger partial charge in [-0.2, -0.15) is 0 Å². The zero-order valence-electron chi connectivity index (χ0n) is 13.8. The molecule has 3 rings (SSSR count). The second-order valence-electron chi connectivity index (χ2n) is 6.76. The molecule has 23 heavy (non-hydrogen) atoms. The van der Waals surface area contributed by atoms with Gasteiger partial charge in [-0.05, 0) is 37.4 Å². The van der Waals surface area contributed by atoms with Crippen LogP contribution in [0.4, 0.5) is 0 Å².